The van der Waals surface area contributed by atoms with Gasteiger partial charge in [-0.15, -0.1) is 0 Å². The number of amidine groups is 1. The normalized spacial score (nSPS) is 24.1. The van der Waals surface area contributed by atoms with Crippen molar-refractivity contribution in [2.24, 2.45) is 4.99 Å². The maximum Gasteiger partial charge on any atom is 0.252 e. The number of hydrogen-bond donors (Lipinski definition) is 0. The number of carbonyl (C=O) groups is 1. The molecule has 0 N–H and O–H groups in total. The predicted octanol–water partition coefficient (Wildman–Crippen LogP) is 3.80. The van der Waals surface area contributed by atoms with Crippen molar-refractivity contribution in [3.05, 3.63) is 64.2 Å². The van der Waals surface area contributed by atoms with Gasteiger partial charge in [0.2, 0.25) is 0 Å². The molecule has 29 heavy (non-hydrogen) atoms. The summed E-state index contributed by atoms with van der Waals surface area (Å²) in [6.07, 6.45) is 0.109. The molecule has 2 heterocycles. The van der Waals surface area contributed by atoms with Gasteiger partial charge >= 0.3 is 0 Å². The minimum absolute atomic E-state index is 0.0791. The molecule has 0 radical (unpaired) electrons. The number of rotatable bonds is 3. The Balaban J connectivity index is 1.70. The van der Waals surface area contributed by atoms with E-state index in [9.17, 15) is 13.2 Å². The third kappa shape index (κ3) is 4.09. The second-order valence-electron chi connectivity index (χ2n) is 7.45. The van der Waals surface area contributed by atoms with E-state index in [4.69, 9.17) is 11.6 Å². The molecule has 2 saturated heterocycles. The van der Waals surface area contributed by atoms with Crippen molar-refractivity contribution < 1.29 is 13.2 Å². The van der Waals surface area contributed by atoms with Crippen LogP contribution in [0.2, 0.25) is 5.02 Å². The number of nitrogens with zero attached hydrogens (tertiary/aromatic N) is 2. The summed E-state index contributed by atoms with van der Waals surface area (Å²) in [4.78, 5) is 19.0. The highest BCUT2D eigenvalue weighted by Gasteiger charge is 2.49. The summed E-state index contributed by atoms with van der Waals surface area (Å²) >= 11 is 7.56. The summed E-state index contributed by atoms with van der Waals surface area (Å²) in [6.45, 7) is 4.03. The van der Waals surface area contributed by atoms with Gasteiger partial charge in [0.25, 0.3) is 5.91 Å². The van der Waals surface area contributed by atoms with E-state index >= 15 is 0 Å². The maximum absolute atomic E-state index is 12.7. The van der Waals surface area contributed by atoms with Gasteiger partial charge in [0, 0.05) is 16.0 Å². The van der Waals surface area contributed by atoms with Crippen molar-refractivity contribution in [1.82, 2.24) is 0 Å². The topological polar surface area (TPSA) is 66.8 Å². The Morgan fingerprint density at radius 3 is 2.69 bits per heavy atom. The van der Waals surface area contributed by atoms with Gasteiger partial charge in [-0.05, 0) is 42.7 Å². The fourth-order valence-electron chi connectivity index (χ4n) is 3.79. The maximum atomic E-state index is 12.7. The summed E-state index contributed by atoms with van der Waals surface area (Å²) in [5.41, 5.74) is 3.81. The number of fused-ring (bicyclic) bond motifs is 1. The first kappa shape index (κ1) is 20.4. The first-order valence-corrected chi connectivity index (χ1v) is 12.4. The molecular weight excluding hydrogens is 428 g/mol. The van der Waals surface area contributed by atoms with Crippen LogP contribution >= 0.6 is 23.4 Å². The number of halogens is 1. The molecule has 0 saturated carbocycles. The lowest BCUT2D eigenvalue weighted by Crippen LogP contribution is -2.38. The highest BCUT2D eigenvalue weighted by molar-refractivity contribution is 8.16. The molecule has 2 aromatic rings. The number of thioether (sulfide) groups is 1. The molecule has 4 rings (SSSR count). The molecule has 152 valence electrons. The number of aliphatic imine (C=N–C) groups is 1. The molecule has 1 amide bonds. The molecule has 2 aromatic carbocycles. The molecule has 0 aromatic heterocycles. The zero-order chi connectivity index (χ0) is 20.8. The van der Waals surface area contributed by atoms with Crippen LogP contribution in [-0.4, -0.2) is 42.3 Å². The molecule has 2 aliphatic heterocycles. The quantitative estimate of drug-likeness (QED) is 0.714. The molecule has 2 atom stereocenters. The van der Waals surface area contributed by atoms with E-state index in [0.717, 1.165) is 22.4 Å². The second kappa shape index (κ2) is 7.78. The monoisotopic (exact) mass is 448 g/mol. The lowest BCUT2D eigenvalue weighted by atomic mass is 10.1. The van der Waals surface area contributed by atoms with Gasteiger partial charge in [-0.25, -0.2) is 8.42 Å². The molecular formula is C21H21ClN2O3S2. The molecule has 8 heteroatoms. The molecule has 2 fully saturated rings. The molecule has 0 unspecified atom stereocenters. The van der Waals surface area contributed by atoms with Crippen LogP contribution in [0.3, 0.4) is 0 Å². The van der Waals surface area contributed by atoms with Crippen LogP contribution in [0.25, 0.3) is 0 Å². The van der Waals surface area contributed by atoms with Gasteiger partial charge in [-0.3, -0.25) is 4.79 Å². The van der Waals surface area contributed by atoms with E-state index < -0.39 is 9.84 Å². The van der Waals surface area contributed by atoms with Crippen molar-refractivity contribution in [2.45, 2.75) is 31.6 Å². The Hall–Kier alpha value is -1.83. The summed E-state index contributed by atoms with van der Waals surface area (Å²) in [7, 11) is -3.10. The Bertz CT molecular complexity index is 1110. The van der Waals surface area contributed by atoms with Crippen molar-refractivity contribution in [1.29, 1.82) is 0 Å². The van der Waals surface area contributed by atoms with E-state index in [2.05, 4.69) is 4.99 Å². The number of carbonyl (C=O) groups excluding carboxylic acids is 1. The van der Waals surface area contributed by atoms with Crippen molar-refractivity contribution in [3.8, 4) is 0 Å². The minimum Gasteiger partial charge on any atom is -0.315 e. The van der Waals surface area contributed by atoms with Gasteiger partial charge in [0.05, 0.1) is 24.0 Å². The van der Waals surface area contributed by atoms with Gasteiger partial charge in [-0.2, -0.15) is 4.99 Å². The highest BCUT2D eigenvalue weighted by atomic mass is 35.5. The number of sulfone groups is 1. The smallest absolute Gasteiger partial charge is 0.252 e. The molecule has 0 bridgehead atoms. The first-order valence-electron chi connectivity index (χ1n) is 9.32. The highest BCUT2D eigenvalue weighted by Crippen LogP contribution is 2.42. The van der Waals surface area contributed by atoms with Crippen LogP contribution in [0.15, 0.2) is 47.5 Å². The van der Waals surface area contributed by atoms with E-state index in [1.807, 2.05) is 55.1 Å². The van der Waals surface area contributed by atoms with E-state index in [1.54, 1.807) is 6.07 Å². The summed E-state index contributed by atoms with van der Waals surface area (Å²) in [5.74, 6) is -0.101. The van der Waals surface area contributed by atoms with Crippen LogP contribution < -0.4 is 4.90 Å². The Morgan fingerprint density at radius 2 is 1.93 bits per heavy atom. The fourth-order valence-corrected chi connectivity index (χ4v) is 7.92. The van der Waals surface area contributed by atoms with Gasteiger partial charge in [0.1, 0.15) is 0 Å². The van der Waals surface area contributed by atoms with Gasteiger partial charge in [0.15, 0.2) is 15.0 Å². The Morgan fingerprint density at radius 1 is 1.17 bits per heavy atom. The molecule has 0 spiro atoms. The van der Waals surface area contributed by atoms with E-state index in [-0.39, 0.29) is 35.1 Å². The molecule has 0 aliphatic carbocycles. The van der Waals surface area contributed by atoms with E-state index in [1.165, 1.54) is 11.8 Å². The van der Waals surface area contributed by atoms with Crippen LogP contribution in [-0.2, 0) is 21.1 Å². The van der Waals surface area contributed by atoms with Gasteiger partial charge < -0.3 is 4.90 Å². The zero-order valence-electron chi connectivity index (χ0n) is 16.1. The zero-order valence-corrected chi connectivity index (χ0v) is 18.5. The minimum atomic E-state index is -3.10. The lowest BCUT2D eigenvalue weighted by Gasteiger charge is -2.26. The number of anilines is 1. The SMILES string of the molecule is Cc1cccc(N2C(=NC(=O)Cc3ccccc3Cl)S[C@@H]3CS(=O)(=O)C[C@@H]32)c1C. The number of benzene rings is 2. The average Bonchev–Trinajstić information content (AvgIpc) is 3.10. The number of amides is 1. The van der Waals surface area contributed by atoms with E-state index in [0.29, 0.717) is 10.2 Å². The van der Waals surface area contributed by atoms with Crippen LogP contribution in [0.5, 0.6) is 0 Å². The average molecular weight is 449 g/mol. The number of aryl methyl sites for hydroxylation is 1. The third-order valence-corrected chi connectivity index (χ3v) is 9.00. The standard InChI is InChI=1S/C21H21ClN2O3S2/c1-13-6-5-9-17(14(13)2)24-18-11-29(26,27)12-19(18)28-21(24)23-20(25)10-15-7-3-4-8-16(15)22/h3-9,18-19H,10-12H2,1-2H3/t18-,19+/m0/s1. The fraction of sp³-hybridized carbons (Fsp3) is 0.333. The summed E-state index contributed by atoms with van der Waals surface area (Å²) in [5, 5.41) is 0.988. The summed E-state index contributed by atoms with van der Waals surface area (Å²) in [6, 6.07) is 12.9. The Kier molecular flexibility index (Phi) is 5.48. The third-order valence-electron chi connectivity index (χ3n) is 5.42. The molecule has 2 aliphatic rings. The second-order valence-corrected chi connectivity index (χ2v) is 11.2. The van der Waals surface area contributed by atoms with Crippen molar-refractivity contribution >= 4 is 50.0 Å². The Labute approximate surface area is 180 Å². The van der Waals surface area contributed by atoms with Crippen molar-refractivity contribution in [2.75, 3.05) is 16.4 Å². The van der Waals surface area contributed by atoms with Gasteiger partial charge in [-0.1, -0.05) is 53.7 Å². The summed E-state index contributed by atoms with van der Waals surface area (Å²) < 4.78 is 24.4. The largest absolute Gasteiger partial charge is 0.315 e. The lowest BCUT2D eigenvalue weighted by molar-refractivity contribution is -0.117. The van der Waals surface area contributed by atoms with Crippen molar-refractivity contribution in [3.63, 3.8) is 0 Å². The first-order chi connectivity index (χ1) is 13.7. The van der Waals surface area contributed by atoms with Crippen LogP contribution in [0, 0.1) is 13.8 Å². The number of hydrogen-bond acceptors (Lipinski definition) is 4. The van der Waals surface area contributed by atoms with Crippen LogP contribution in [0.1, 0.15) is 16.7 Å². The van der Waals surface area contributed by atoms with Crippen LogP contribution in [0.4, 0.5) is 5.69 Å². The molecule has 5 nitrogen and oxygen atoms in total. The predicted molar refractivity (Wildman–Crippen MR) is 120 cm³/mol.